The molecule has 1 aromatic heterocycles. The molecule has 1 aliphatic carbocycles. The van der Waals surface area contributed by atoms with Crippen LogP contribution in [0.15, 0.2) is 16.6 Å². The van der Waals surface area contributed by atoms with Crippen LogP contribution in [-0.4, -0.2) is 9.55 Å². The summed E-state index contributed by atoms with van der Waals surface area (Å²) in [7, 11) is 0. The van der Waals surface area contributed by atoms with Gasteiger partial charge in [0, 0.05) is 12.6 Å². The highest BCUT2D eigenvalue weighted by Crippen LogP contribution is 2.53. The Bertz CT molecular complexity index is 678. The summed E-state index contributed by atoms with van der Waals surface area (Å²) < 4.78 is 16.3. The Morgan fingerprint density at radius 2 is 2.20 bits per heavy atom. The van der Waals surface area contributed by atoms with E-state index in [9.17, 15) is 4.39 Å². The summed E-state index contributed by atoms with van der Waals surface area (Å²) in [5.41, 5.74) is 1.99. The highest BCUT2D eigenvalue weighted by Gasteiger charge is 2.45. The molecule has 3 rings (SSSR count). The normalized spacial score (nSPS) is 22.2. The van der Waals surface area contributed by atoms with Gasteiger partial charge in [0.15, 0.2) is 0 Å². The quantitative estimate of drug-likeness (QED) is 0.681. The second-order valence-electron chi connectivity index (χ2n) is 6.34. The smallest absolute Gasteiger partial charge is 0.139 e. The third kappa shape index (κ3) is 2.37. The third-order valence-corrected chi connectivity index (χ3v) is 5.10. The van der Waals surface area contributed by atoms with Crippen molar-refractivity contribution in [2.45, 2.75) is 39.1 Å². The van der Waals surface area contributed by atoms with Crippen LogP contribution >= 0.6 is 27.5 Å². The van der Waals surface area contributed by atoms with Crippen LogP contribution in [0.4, 0.5) is 4.39 Å². The van der Waals surface area contributed by atoms with Crippen LogP contribution in [0.2, 0.25) is 0 Å². The first-order valence-electron chi connectivity index (χ1n) is 6.79. The van der Waals surface area contributed by atoms with Crippen LogP contribution in [0.25, 0.3) is 11.0 Å². The zero-order chi connectivity index (χ0) is 14.7. The molecule has 2 aromatic rings. The van der Waals surface area contributed by atoms with Crippen molar-refractivity contribution in [1.82, 2.24) is 9.55 Å². The summed E-state index contributed by atoms with van der Waals surface area (Å²) in [6.07, 6.45) is 1.20. The molecule has 1 aromatic carbocycles. The largest absolute Gasteiger partial charge is 0.326 e. The summed E-state index contributed by atoms with van der Waals surface area (Å²) >= 11 is 9.46. The number of aromatic nitrogens is 2. The van der Waals surface area contributed by atoms with Gasteiger partial charge in [0.05, 0.1) is 20.9 Å². The average molecular weight is 360 g/mol. The minimum atomic E-state index is -0.262. The number of alkyl halides is 1. The monoisotopic (exact) mass is 358 g/mol. The van der Waals surface area contributed by atoms with Crippen molar-refractivity contribution in [1.29, 1.82) is 0 Å². The summed E-state index contributed by atoms with van der Waals surface area (Å²) in [6.45, 7) is 7.29. The van der Waals surface area contributed by atoms with Gasteiger partial charge in [-0.25, -0.2) is 9.37 Å². The molecular formula is C15H17BrClFN2. The molecule has 1 heterocycles. The van der Waals surface area contributed by atoms with E-state index in [0.29, 0.717) is 15.8 Å². The fraction of sp³-hybridized carbons (Fsp3) is 0.533. The maximum absolute atomic E-state index is 13.8. The highest BCUT2D eigenvalue weighted by molar-refractivity contribution is 9.10. The van der Waals surface area contributed by atoms with Crippen molar-refractivity contribution in [2.75, 3.05) is 0 Å². The molecule has 2 atom stereocenters. The van der Waals surface area contributed by atoms with Crippen molar-refractivity contribution < 1.29 is 4.39 Å². The molecule has 0 N–H and O–H groups in total. The van der Waals surface area contributed by atoms with Crippen molar-refractivity contribution in [2.24, 2.45) is 11.3 Å². The molecular weight excluding hydrogens is 343 g/mol. The van der Waals surface area contributed by atoms with Gasteiger partial charge in [-0.3, -0.25) is 0 Å². The van der Waals surface area contributed by atoms with Crippen LogP contribution in [0.3, 0.4) is 0 Å². The fourth-order valence-electron chi connectivity index (χ4n) is 2.74. The highest BCUT2D eigenvalue weighted by atomic mass is 79.9. The van der Waals surface area contributed by atoms with Gasteiger partial charge < -0.3 is 4.57 Å². The Balaban J connectivity index is 2.11. The minimum absolute atomic E-state index is 0.189. The lowest BCUT2D eigenvalue weighted by atomic mass is 10.1. The second-order valence-corrected chi connectivity index (χ2v) is 7.85. The maximum atomic E-state index is 13.8. The van der Waals surface area contributed by atoms with E-state index in [1.807, 2.05) is 6.92 Å². The van der Waals surface area contributed by atoms with Gasteiger partial charge in [-0.15, -0.1) is 11.6 Å². The minimum Gasteiger partial charge on any atom is -0.326 e. The number of halogens is 3. The van der Waals surface area contributed by atoms with Crippen LogP contribution in [-0.2, 0) is 6.54 Å². The average Bonchev–Trinajstić information content (AvgIpc) is 2.78. The third-order valence-electron chi connectivity index (χ3n) is 4.30. The van der Waals surface area contributed by atoms with Crippen molar-refractivity contribution in [3.05, 3.63) is 28.2 Å². The van der Waals surface area contributed by atoms with Gasteiger partial charge in [-0.2, -0.15) is 0 Å². The molecule has 0 bridgehead atoms. The van der Waals surface area contributed by atoms with E-state index >= 15 is 0 Å². The number of fused-ring (bicyclic) bond motifs is 1. The molecule has 1 saturated carbocycles. The molecule has 1 fully saturated rings. The van der Waals surface area contributed by atoms with Gasteiger partial charge in [0.1, 0.15) is 11.6 Å². The van der Waals surface area contributed by atoms with Crippen molar-refractivity contribution in [3.8, 4) is 0 Å². The Labute approximate surface area is 131 Å². The summed E-state index contributed by atoms with van der Waals surface area (Å²) in [5, 5.41) is -0.189. The van der Waals surface area contributed by atoms with E-state index in [-0.39, 0.29) is 11.2 Å². The molecule has 0 amide bonds. The van der Waals surface area contributed by atoms with E-state index in [1.165, 1.54) is 6.42 Å². The lowest BCUT2D eigenvalue weighted by Gasteiger charge is -2.11. The predicted octanol–water partition coefficient (Wildman–Crippen LogP) is 5.28. The first kappa shape index (κ1) is 14.3. The van der Waals surface area contributed by atoms with Crippen LogP contribution < -0.4 is 0 Å². The number of benzene rings is 1. The number of rotatable bonds is 3. The van der Waals surface area contributed by atoms with Crippen LogP contribution in [0.1, 0.15) is 38.4 Å². The Kier molecular flexibility index (Phi) is 3.37. The summed E-state index contributed by atoms with van der Waals surface area (Å²) in [4.78, 5) is 4.58. The molecule has 20 heavy (non-hydrogen) atoms. The molecule has 2 unspecified atom stereocenters. The van der Waals surface area contributed by atoms with Gasteiger partial charge in [-0.05, 0) is 46.7 Å². The van der Waals surface area contributed by atoms with Crippen LogP contribution in [0.5, 0.6) is 0 Å². The number of imidazole rings is 1. The number of hydrogen-bond acceptors (Lipinski definition) is 1. The molecule has 5 heteroatoms. The standard InChI is InChI=1S/C15H17BrClFN2/c1-8(17)14-19-12-4-10(16)11(18)5-13(12)20(14)7-9-6-15(9,2)3/h4-5,8-9H,6-7H2,1-3H3. The van der Waals surface area contributed by atoms with Crippen LogP contribution in [0, 0.1) is 17.2 Å². The number of nitrogens with zero attached hydrogens (tertiary/aromatic N) is 2. The van der Waals surface area contributed by atoms with E-state index in [2.05, 4.69) is 39.3 Å². The van der Waals surface area contributed by atoms with Gasteiger partial charge in [0.2, 0.25) is 0 Å². The molecule has 0 spiro atoms. The van der Waals surface area contributed by atoms with Gasteiger partial charge in [0.25, 0.3) is 0 Å². The molecule has 108 valence electrons. The lowest BCUT2D eigenvalue weighted by molar-refractivity contribution is 0.495. The van der Waals surface area contributed by atoms with E-state index in [4.69, 9.17) is 11.6 Å². The topological polar surface area (TPSA) is 17.8 Å². The maximum Gasteiger partial charge on any atom is 0.139 e. The van der Waals surface area contributed by atoms with Crippen molar-refractivity contribution in [3.63, 3.8) is 0 Å². The zero-order valence-electron chi connectivity index (χ0n) is 11.8. The van der Waals surface area contributed by atoms with Crippen molar-refractivity contribution >= 4 is 38.6 Å². The first-order chi connectivity index (χ1) is 9.29. The predicted molar refractivity (Wildman–Crippen MR) is 83.5 cm³/mol. The Morgan fingerprint density at radius 1 is 1.55 bits per heavy atom. The Hall–Kier alpha value is -0.610. The molecule has 1 aliphatic rings. The number of hydrogen-bond donors (Lipinski definition) is 0. The van der Waals surface area contributed by atoms with Gasteiger partial charge >= 0.3 is 0 Å². The fourth-order valence-corrected chi connectivity index (χ4v) is 3.24. The summed E-state index contributed by atoms with van der Waals surface area (Å²) in [5.74, 6) is 1.17. The first-order valence-corrected chi connectivity index (χ1v) is 8.02. The molecule has 2 nitrogen and oxygen atoms in total. The van der Waals surface area contributed by atoms with E-state index in [1.54, 1.807) is 12.1 Å². The van der Waals surface area contributed by atoms with E-state index in [0.717, 1.165) is 23.4 Å². The molecule has 0 radical (unpaired) electrons. The SMILES string of the molecule is CC(Cl)c1nc2cc(Br)c(F)cc2n1CC1CC1(C)C. The second kappa shape index (κ2) is 4.70. The van der Waals surface area contributed by atoms with Gasteiger partial charge in [-0.1, -0.05) is 13.8 Å². The summed E-state index contributed by atoms with van der Waals surface area (Å²) in [6, 6.07) is 3.27. The van der Waals surface area contributed by atoms with E-state index < -0.39 is 0 Å². The zero-order valence-corrected chi connectivity index (χ0v) is 14.1. The molecule has 0 aliphatic heterocycles. The lowest BCUT2D eigenvalue weighted by Crippen LogP contribution is -2.08. The molecule has 0 saturated heterocycles. The Morgan fingerprint density at radius 3 is 2.75 bits per heavy atom.